The maximum Gasteiger partial charge on any atom is 0.187 e. The summed E-state index contributed by atoms with van der Waals surface area (Å²) in [5.74, 6) is 1.28. The van der Waals surface area contributed by atoms with Gasteiger partial charge in [-0.3, -0.25) is 0 Å². The first-order valence-corrected chi connectivity index (χ1v) is 17.4. The van der Waals surface area contributed by atoms with Crippen LogP contribution in [0.4, 0.5) is 0 Å². The predicted octanol–water partition coefficient (Wildman–Crippen LogP) is 11.2. The van der Waals surface area contributed by atoms with Crippen LogP contribution in [0.3, 0.4) is 0 Å². The number of rotatable bonds is 16. The Labute approximate surface area is 270 Å². The van der Waals surface area contributed by atoms with Crippen molar-refractivity contribution in [2.24, 2.45) is 11.8 Å². The second-order valence-electron chi connectivity index (χ2n) is 11.4. The molecule has 2 heterocycles. The molecule has 0 saturated carbocycles. The summed E-state index contributed by atoms with van der Waals surface area (Å²) in [4.78, 5) is 0. The zero-order valence-corrected chi connectivity index (χ0v) is 29.6. The third kappa shape index (κ3) is 14.1. The maximum atomic E-state index is 5.95. The molecule has 6 heteroatoms. The molecule has 0 N–H and O–H groups in total. The van der Waals surface area contributed by atoms with Gasteiger partial charge < -0.3 is 28.4 Å². The minimum Gasteiger partial charge on any atom is -0.348 e. The lowest BCUT2D eigenvalue weighted by Crippen LogP contribution is -2.09. The van der Waals surface area contributed by atoms with Crippen molar-refractivity contribution in [2.45, 2.75) is 133 Å². The van der Waals surface area contributed by atoms with Crippen molar-refractivity contribution in [3.05, 3.63) is 70.8 Å². The number of benzene rings is 2. The number of ether oxygens (including phenoxy) is 6. The van der Waals surface area contributed by atoms with Crippen LogP contribution in [-0.4, -0.2) is 26.4 Å². The van der Waals surface area contributed by atoms with E-state index in [1.54, 1.807) is 0 Å². The molecule has 44 heavy (non-hydrogen) atoms. The highest BCUT2D eigenvalue weighted by molar-refractivity contribution is 5.33. The van der Waals surface area contributed by atoms with Crippen LogP contribution in [0.5, 0.6) is 0 Å². The minimum atomic E-state index is -0.288. The van der Waals surface area contributed by atoms with Crippen LogP contribution >= 0.6 is 0 Å². The number of unbranched alkanes of at least 4 members (excludes halogenated alkanes) is 2. The molecule has 2 aromatic carbocycles. The molecule has 6 nitrogen and oxygen atoms in total. The van der Waals surface area contributed by atoms with Crippen LogP contribution < -0.4 is 0 Å². The second-order valence-corrected chi connectivity index (χ2v) is 11.4. The summed E-state index contributed by atoms with van der Waals surface area (Å²) < 4.78 is 35.2. The Kier molecular flexibility index (Phi) is 22.3. The topological polar surface area (TPSA) is 55.4 Å². The Hall–Kier alpha value is -1.80. The lowest BCUT2D eigenvalue weighted by molar-refractivity contribution is -0.236. The Bertz CT molecular complexity index is 888. The van der Waals surface area contributed by atoms with E-state index < -0.39 is 0 Å². The molecule has 0 bridgehead atoms. The molecule has 0 spiro atoms. The van der Waals surface area contributed by atoms with E-state index >= 15 is 0 Å². The van der Waals surface area contributed by atoms with E-state index in [0.717, 1.165) is 87.2 Å². The van der Waals surface area contributed by atoms with Crippen molar-refractivity contribution >= 4 is 0 Å². The molecule has 0 aliphatic carbocycles. The Morgan fingerprint density at radius 1 is 0.500 bits per heavy atom. The largest absolute Gasteiger partial charge is 0.348 e. The first-order chi connectivity index (χ1) is 21.4. The smallest absolute Gasteiger partial charge is 0.187 e. The standard InChI is InChI=1S/C18H28O3.C16H24O3.2C2H6/c1-13(2)9-11-19-17-15-7-5-6-8-16(15)18(21-17)20-12-10-14(3)4;1-3-5-11-17-15-13-9-7-8-10-14(13)16(19-15)18-12-6-4-2;2*1-2/h5-8,13-14,17-18H,9-12H2,1-4H3;7-10,15-16H,3-6,11-12H2,1-2H3;2*1-2H3. The Balaban J connectivity index is 0.000000397. The van der Waals surface area contributed by atoms with E-state index in [0.29, 0.717) is 11.8 Å². The summed E-state index contributed by atoms with van der Waals surface area (Å²) in [6, 6.07) is 16.4. The Morgan fingerprint density at radius 2 is 0.773 bits per heavy atom. The molecule has 0 fully saturated rings. The summed E-state index contributed by atoms with van der Waals surface area (Å²) in [6.07, 6.45) is 5.35. The van der Waals surface area contributed by atoms with Crippen LogP contribution in [-0.2, 0) is 28.4 Å². The van der Waals surface area contributed by atoms with Gasteiger partial charge in [0, 0.05) is 22.3 Å². The molecule has 4 rings (SSSR count). The first-order valence-electron chi connectivity index (χ1n) is 17.4. The number of hydrogen-bond acceptors (Lipinski definition) is 6. The SMILES string of the molecule is CC.CC.CC(C)CCOC1OC(OCCC(C)C)c2ccccc21.CCCCOC1OC(OCCCC)c2ccccc21. The summed E-state index contributed by atoms with van der Waals surface area (Å²) >= 11 is 0. The van der Waals surface area contributed by atoms with Crippen LogP contribution in [0.25, 0.3) is 0 Å². The fourth-order valence-electron chi connectivity index (χ4n) is 4.41. The quantitative estimate of drug-likeness (QED) is 0.175. The first kappa shape index (κ1) is 40.2. The van der Waals surface area contributed by atoms with E-state index in [1.165, 1.54) is 0 Å². The molecule has 2 aliphatic rings. The molecular weight excluding hydrogens is 552 g/mol. The number of hydrogen-bond donors (Lipinski definition) is 0. The second kappa shape index (κ2) is 24.4. The third-order valence-electron chi connectivity index (χ3n) is 6.97. The lowest BCUT2D eigenvalue weighted by atomic mass is 10.1. The molecule has 2 aliphatic heterocycles. The predicted molar refractivity (Wildman–Crippen MR) is 181 cm³/mol. The van der Waals surface area contributed by atoms with Crippen molar-refractivity contribution in [1.82, 2.24) is 0 Å². The normalized spacial score (nSPS) is 19.7. The minimum absolute atomic E-state index is 0.269. The van der Waals surface area contributed by atoms with Gasteiger partial charge in [0.25, 0.3) is 0 Å². The van der Waals surface area contributed by atoms with Gasteiger partial charge in [-0.1, -0.05) is 131 Å². The number of fused-ring (bicyclic) bond motifs is 2. The summed E-state index contributed by atoms with van der Waals surface area (Å²) in [5.41, 5.74) is 4.44. The van der Waals surface area contributed by atoms with Crippen molar-refractivity contribution in [3.8, 4) is 0 Å². The zero-order valence-electron chi connectivity index (χ0n) is 29.6. The van der Waals surface area contributed by atoms with Gasteiger partial charge in [-0.2, -0.15) is 0 Å². The van der Waals surface area contributed by atoms with E-state index in [1.807, 2.05) is 52.0 Å². The maximum absolute atomic E-state index is 5.95. The van der Waals surface area contributed by atoms with Gasteiger partial charge in [0.2, 0.25) is 0 Å². The fourth-order valence-corrected chi connectivity index (χ4v) is 4.41. The van der Waals surface area contributed by atoms with Gasteiger partial charge in [0.1, 0.15) is 0 Å². The van der Waals surface area contributed by atoms with E-state index in [-0.39, 0.29) is 25.2 Å². The van der Waals surface area contributed by atoms with Gasteiger partial charge in [-0.25, -0.2) is 0 Å². The molecule has 4 atom stereocenters. The Morgan fingerprint density at radius 3 is 1.02 bits per heavy atom. The lowest BCUT2D eigenvalue weighted by Gasteiger charge is -2.16. The molecule has 252 valence electrons. The van der Waals surface area contributed by atoms with Crippen molar-refractivity contribution < 1.29 is 28.4 Å². The van der Waals surface area contributed by atoms with Gasteiger partial charge >= 0.3 is 0 Å². The average molecular weight is 617 g/mol. The molecular formula is C38H64O6. The summed E-state index contributed by atoms with van der Waals surface area (Å²) in [7, 11) is 0. The van der Waals surface area contributed by atoms with Gasteiger partial charge in [0.05, 0.1) is 26.4 Å². The molecule has 0 radical (unpaired) electrons. The van der Waals surface area contributed by atoms with E-state index in [9.17, 15) is 0 Å². The van der Waals surface area contributed by atoms with Crippen LogP contribution in [0.1, 0.15) is 155 Å². The van der Waals surface area contributed by atoms with Crippen molar-refractivity contribution in [2.75, 3.05) is 26.4 Å². The molecule has 0 aromatic heterocycles. The highest BCUT2D eigenvalue weighted by atomic mass is 16.8. The van der Waals surface area contributed by atoms with Gasteiger partial charge in [-0.15, -0.1) is 0 Å². The summed E-state index contributed by atoms with van der Waals surface area (Å²) in [6.45, 7) is 24.0. The monoisotopic (exact) mass is 616 g/mol. The van der Waals surface area contributed by atoms with Crippen LogP contribution in [0.2, 0.25) is 0 Å². The fraction of sp³-hybridized carbons (Fsp3) is 0.684. The zero-order chi connectivity index (χ0) is 32.7. The molecule has 4 unspecified atom stereocenters. The molecule has 2 aromatic rings. The highest BCUT2D eigenvalue weighted by Gasteiger charge is 2.33. The van der Waals surface area contributed by atoms with Crippen molar-refractivity contribution in [1.29, 1.82) is 0 Å². The van der Waals surface area contributed by atoms with Crippen LogP contribution in [0.15, 0.2) is 48.5 Å². The average Bonchev–Trinajstić information content (AvgIpc) is 3.57. The van der Waals surface area contributed by atoms with Gasteiger partial charge in [-0.05, 0) is 37.5 Å². The molecule has 0 amide bonds. The molecule has 0 saturated heterocycles. The van der Waals surface area contributed by atoms with Crippen molar-refractivity contribution in [3.63, 3.8) is 0 Å². The third-order valence-corrected chi connectivity index (χ3v) is 6.97. The van der Waals surface area contributed by atoms with E-state index in [2.05, 4.69) is 65.8 Å². The highest BCUT2D eigenvalue weighted by Crippen LogP contribution is 2.41. The van der Waals surface area contributed by atoms with Gasteiger partial charge in [0.15, 0.2) is 25.2 Å². The summed E-state index contributed by atoms with van der Waals surface area (Å²) in [5, 5.41) is 0. The van der Waals surface area contributed by atoms with Crippen LogP contribution in [0, 0.1) is 11.8 Å². The van der Waals surface area contributed by atoms with E-state index in [4.69, 9.17) is 28.4 Å².